The van der Waals surface area contributed by atoms with Gasteiger partial charge in [0.05, 0.1) is 35.2 Å². The van der Waals surface area contributed by atoms with Crippen LogP contribution in [0.15, 0.2) is 82.6 Å². The van der Waals surface area contributed by atoms with E-state index < -0.39 is 35.4 Å². The average Bonchev–Trinajstić information content (AvgIpc) is 3.82. The number of halogens is 3. The molecule has 252 valence electrons. The first kappa shape index (κ1) is 31.7. The number of aromatic nitrogens is 1. The number of aromatic amines is 1. The highest BCUT2D eigenvalue weighted by Gasteiger charge is 2.70. The summed E-state index contributed by atoms with van der Waals surface area (Å²) in [5.41, 5.74) is 0.309. The zero-order valence-corrected chi connectivity index (χ0v) is 27.4. The predicted molar refractivity (Wildman–Crippen MR) is 176 cm³/mol. The van der Waals surface area contributed by atoms with E-state index >= 15 is 0 Å². The number of benzene rings is 3. The fourth-order valence-corrected chi connectivity index (χ4v) is 11.2. The van der Waals surface area contributed by atoms with Gasteiger partial charge in [-0.15, -0.1) is 11.8 Å². The van der Waals surface area contributed by atoms with Crippen LogP contribution in [-0.4, -0.2) is 41.7 Å². The van der Waals surface area contributed by atoms with Gasteiger partial charge in [-0.1, -0.05) is 35.6 Å². The number of fused-ring (bicyclic) bond motifs is 9. The van der Waals surface area contributed by atoms with E-state index in [1.807, 2.05) is 12.1 Å². The Kier molecular flexibility index (Phi) is 7.63. The van der Waals surface area contributed by atoms with E-state index in [1.54, 1.807) is 43.5 Å². The van der Waals surface area contributed by atoms with Crippen molar-refractivity contribution in [2.75, 3.05) is 23.9 Å². The normalized spacial score (nSPS) is 26.7. The number of alkyl halides is 3. The first-order valence-electron chi connectivity index (χ1n) is 15.6. The third-order valence-corrected chi connectivity index (χ3v) is 12.7. The number of methoxy groups -OCH3 is 1. The van der Waals surface area contributed by atoms with Crippen molar-refractivity contribution < 1.29 is 37.0 Å². The maximum atomic E-state index is 14.0. The molecule has 0 radical (unpaired) electrons. The second-order valence-electron chi connectivity index (χ2n) is 12.6. The standard InChI is InChI=1S/C35H28F3N3O6S2/c1-46-19-11-9-17(10-12-19)39-24(42)15-47-23-8-3-2-7-20(23)25-26-21-14-22(29(26)48-31-30(25)49-34(45)40-31)28-27(21)32(43)41(33(28)44)18-6-4-5-16(13-18)35(36,37)38/h2-13,21-22,25-29H,14-15H2,1H3,(H,39,42)(H,40,45)/t21-,22-,25+,26-,27+,28+,29-/m1/s1. The molecule has 2 aliphatic heterocycles. The minimum absolute atomic E-state index is 0.0825. The number of carbonyl (C=O) groups is 3. The Morgan fingerprint density at radius 2 is 1.71 bits per heavy atom. The first-order chi connectivity index (χ1) is 23.5. The molecule has 9 nitrogen and oxygen atoms in total. The van der Waals surface area contributed by atoms with Gasteiger partial charge in [0.1, 0.15) is 11.5 Å². The van der Waals surface area contributed by atoms with Gasteiger partial charge in [-0.2, -0.15) is 13.2 Å². The van der Waals surface area contributed by atoms with Crippen LogP contribution in [-0.2, 0) is 20.6 Å². The van der Waals surface area contributed by atoms with E-state index in [4.69, 9.17) is 9.47 Å². The fraction of sp³-hybridized carbons (Fsp3) is 0.314. The highest BCUT2D eigenvalue weighted by atomic mass is 32.2. The zero-order valence-electron chi connectivity index (χ0n) is 25.7. The van der Waals surface area contributed by atoms with Crippen LogP contribution in [0, 0.1) is 29.6 Å². The topological polar surface area (TPSA) is 118 Å². The van der Waals surface area contributed by atoms with E-state index in [1.165, 1.54) is 23.9 Å². The number of nitrogens with one attached hydrogen (secondary N) is 2. The number of nitrogens with zero attached hydrogens (tertiary/aromatic N) is 1. The number of thiazole rings is 1. The van der Waals surface area contributed by atoms with Gasteiger partial charge >= 0.3 is 11.0 Å². The number of rotatable bonds is 7. The Hall–Kier alpha value is -4.56. The van der Waals surface area contributed by atoms with Crippen molar-refractivity contribution in [2.24, 2.45) is 29.6 Å². The molecule has 49 heavy (non-hydrogen) atoms. The van der Waals surface area contributed by atoms with E-state index in [0.29, 0.717) is 28.6 Å². The van der Waals surface area contributed by atoms with E-state index in [-0.39, 0.29) is 52.0 Å². The number of imide groups is 1. The van der Waals surface area contributed by atoms with Gasteiger partial charge in [-0.25, -0.2) is 0 Å². The molecule has 3 aromatic carbocycles. The average molecular weight is 708 g/mol. The zero-order chi connectivity index (χ0) is 34.2. The molecular formula is C35H28F3N3O6S2. The Labute approximate surface area is 285 Å². The van der Waals surface area contributed by atoms with Crippen LogP contribution < -0.4 is 24.6 Å². The van der Waals surface area contributed by atoms with Crippen LogP contribution in [0.5, 0.6) is 11.5 Å². The van der Waals surface area contributed by atoms with Crippen LogP contribution >= 0.6 is 23.1 Å². The Morgan fingerprint density at radius 3 is 2.45 bits per heavy atom. The van der Waals surface area contributed by atoms with Crippen molar-refractivity contribution in [3.63, 3.8) is 0 Å². The minimum Gasteiger partial charge on any atom is -0.497 e. The van der Waals surface area contributed by atoms with Crippen LogP contribution in [0.25, 0.3) is 0 Å². The quantitative estimate of drug-likeness (QED) is 0.221. The number of para-hydroxylation sites is 1. The van der Waals surface area contributed by atoms with Crippen LogP contribution in [0.2, 0.25) is 0 Å². The number of ether oxygens (including phenoxy) is 2. The van der Waals surface area contributed by atoms with Gasteiger partial charge in [-0.3, -0.25) is 24.1 Å². The van der Waals surface area contributed by atoms with E-state index in [9.17, 15) is 32.3 Å². The van der Waals surface area contributed by atoms with Gasteiger partial charge in [-0.05, 0) is 72.7 Å². The van der Waals surface area contributed by atoms with Gasteiger partial charge in [0.25, 0.3) is 5.91 Å². The van der Waals surface area contributed by atoms with Crippen molar-refractivity contribution in [1.29, 1.82) is 0 Å². The van der Waals surface area contributed by atoms with Crippen molar-refractivity contribution in [2.45, 2.75) is 28.8 Å². The summed E-state index contributed by atoms with van der Waals surface area (Å²) in [5, 5.41) is 3.36. The number of H-pyrrole nitrogens is 1. The first-order valence-corrected chi connectivity index (χ1v) is 17.3. The monoisotopic (exact) mass is 707 g/mol. The maximum absolute atomic E-state index is 14.0. The fourth-order valence-electron chi connectivity index (χ4n) is 8.32. The highest BCUT2D eigenvalue weighted by Crippen LogP contribution is 2.69. The molecule has 2 aliphatic carbocycles. The summed E-state index contributed by atoms with van der Waals surface area (Å²) in [6.07, 6.45) is -4.02. The number of hydrogen-bond donors (Lipinski definition) is 2. The molecule has 8 rings (SSSR count). The van der Waals surface area contributed by atoms with Gasteiger partial charge in [0.15, 0.2) is 6.61 Å². The molecule has 3 amide bonds. The number of amides is 3. The van der Waals surface area contributed by atoms with Crippen molar-refractivity contribution in [3.8, 4) is 11.5 Å². The van der Waals surface area contributed by atoms with Gasteiger partial charge in [0.2, 0.25) is 11.8 Å². The summed E-state index contributed by atoms with van der Waals surface area (Å²) in [6.45, 7) is -0.287. The molecule has 4 aromatic rings. The molecule has 7 atom stereocenters. The summed E-state index contributed by atoms with van der Waals surface area (Å²) >= 11 is 2.59. The largest absolute Gasteiger partial charge is 0.497 e. The number of carbonyl (C=O) groups excluding carboxylic acids is 3. The SMILES string of the molecule is COc1ccc(NC(=O)COc2ccccc2[C@@H]2c3sc(=O)[nH]c3S[C@@H]3[C@@H]4C[C@@H]([C@@H]5C(=O)N(c6cccc(C(F)(F)F)c6)C(=O)[C@@H]45)[C@H]23)cc1. The van der Waals surface area contributed by atoms with Crippen LogP contribution in [0.1, 0.15) is 28.3 Å². The summed E-state index contributed by atoms with van der Waals surface area (Å²) in [5.74, 6) is -2.65. The van der Waals surface area contributed by atoms with Crippen LogP contribution in [0.4, 0.5) is 24.5 Å². The maximum Gasteiger partial charge on any atom is 0.416 e. The minimum atomic E-state index is -4.63. The Morgan fingerprint density at radius 1 is 0.980 bits per heavy atom. The second-order valence-corrected chi connectivity index (χ2v) is 14.8. The summed E-state index contributed by atoms with van der Waals surface area (Å²) < 4.78 is 51.9. The predicted octanol–water partition coefficient (Wildman–Crippen LogP) is 6.16. The number of anilines is 2. The van der Waals surface area contributed by atoms with Gasteiger partial charge < -0.3 is 19.8 Å². The lowest BCUT2D eigenvalue weighted by molar-refractivity contribution is -0.137. The molecule has 2 saturated carbocycles. The molecule has 0 unspecified atom stereocenters. The summed E-state index contributed by atoms with van der Waals surface area (Å²) in [6, 6.07) is 18.5. The summed E-state index contributed by atoms with van der Waals surface area (Å²) in [4.78, 5) is 58.0. The lowest BCUT2D eigenvalue weighted by atomic mass is 9.68. The van der Waals surface area contributed by atoms with Crippen molar-refractivity contribution in [1.82, 2.24) is 4.98 Å². The Balaban J connectivity index is 1.10. The molecule has 2 bridgehead atoms. The summed E-state index contributed by atoms with van der Waals surface area (Å²) in [7, 11) is 1.55. The molecule has 3 fully saturated rings. The van der Waals surface area contributed by atoms with Crippen molar-refractivity contribution >= 4 is 52.2 Å². The lowest BCUT2D eigenvalue weighted by Gasteiger charge is -2.43. The van der Waals surface area contributed by atoms with Crippen LogP contribution in [0.3, 0.4) is 0 Å². The third kappa shape index (κ3) is 5.23. The van der Waals surface area contributed by atoms with Crippen molar-refractivity contribution in [3.05, 3.63) is 98.5 Å². The number of hydrogen-bond acceptors (Lipinski definition) is 8. The molecule has 14 heteroatoms. The van der Waals surface area contributed by atoms with E-state index in [0.717, 1.165) is 38.8 Å². The molecule has 0 spiro atoms. The second kappa shape index (κ2) is 11.8. The van der Waals surface area contributed by atoms with Gasteiger partial charge in [0, 0.05) is 27.3 Å². The molecule has 1 aromatic heterocycles. The Bertz CT molecular complexity index is 2050. The molecule has 2 N–H and O–H groups in total. The molecule has 3 heterocycles. The van der Waals surface area contributed by atoms with E-state index in [2.05, 4.69) is 10.3 Å². The lowest BCUT2D eigenvalue weighted by Crippen LogP contribution is -2.42. The molecule has 1 saturated heterocycles. The highest BCUT2D eigenvalue weighted by molar-refractivity contribution is 8.00. The number of thioether (sulfide) groups is 1. The molecule has 4 aliphatic rings. The third-order valence-electron chi connectivity index (χ3n) is 10.1. The molecular weight excluding hydrogens is 680 g/mol. The smallest absolute Gasteiger partial charge is 0.416 e.